The van der Waals surface area contributed by atoms with Crippen molar-refractivity contribution in [3.63, 3.8) is 0 Å². The molecular formula is C11H12ClF3N2O. The third-order valence-electron chi connectivity index (χ3n) is 1.77. The van der Waals surface area contributed by atoms with Gasteiger partial charge in [-0.2, -0.15) is 13.2 Å². The zero-order valence-electron chi connectivity index (χ0n) is 9.73. The van der Waals surface area contributed by atoms with Gasteiger partial charge >= 0.3 is 6.18 Å². The first kappa shape index (κ1) is 16.4. The average molecular weight is 281 g/mol. The molecule has 0 radical (unpaired) electrons. The van der Waals surface area contributed by atoms with Crippen molar-refractivity contribution in [2.24, 2.45) is 0 Å². The van der Waals surface area contributed by atoms with Crippen LogP contribution < -0.4 is 5.32 Å². The number of amides is 1. The highest BCUT2D eigenvalue weighted by molar-refractivity contribution is 6.34. The van der Waals surface area contributed by atoms with E-state index in [-0.39, 0.29) is 5.02 Å². The molecule has 0 saturated carbocycles. The second kappa shape index (κ2) is 7.00. The molecule has 1 rings (SSSR count). The van der Waals surface area contributed by atoms with Crippen LogP contribution in [0.5, 0.6) is 0 Å². The minimum absolute atomic E-state index is 0.218. The van der Waals surface area contributed by atoms with E-state index in [0.717, 1.165) is 12.1 Å². The van der Waals surface area contributed by atoms with Gasteiger partial charge in [-0.3, -0.25) is 4.79 Å². The number of carbonyl (C=O) groups is 1. The summed E-state index contributed by atoms with van der Waals surface area (Å²) in [5, 5.41) is 7.98. The van der Waals surface area contributed by atoms with Crippen molar-refractivity contribution in [2.75, 3.05) is 7.05 Å². The first-order chi connectivity index (χ1) is 8.29. The van der Waals surface area contributed by atoms with Crippen LogP contribution in [0.3, 0.4) is 0 Å². The predicted molar refractivity (Wildman–Crippen MR) is 64.3 cm³/mol. The lowest BCUT2D eigenvalue weighted by molar-refractivity contribution is -0.137. The Balaban J connectivity index is 0.000000873. The largest absolute Gasteiger partial charge is 0.417 e. The second-order valence-electron chi connectivity index (χ2n) is 3.03. The average Bonchev–Trinajstić information content (AvgIpc) is 2.27. The summed E-state index contributed by atoms with van der Waals surface area (Å²) in [7, 11) is 1.24. The summed E-state index contributed by atoms with van der Waals surface area (Å²) in [6, 6.07) is 3.20. The van der Waals surface area contributed by atoms with Gasteiger partial charge in [0.15, 0.2) is 0 Å². The maximum absolute atomic E-state index is 12.5. The fourth-order valence-electron chi connectivity index (χ4n) is 1.12. The third kappa shape index (κ3) is 4.37. The Morgan fingerprint density at radius 1 is 1.44 bits per heavy atom. The van der Waals surface area contributed by atoms with E-state index in [1.54, 1.807) is 6.92 Å². The van der Waals surface area contributed by atoms with Gasteiger partial charge < -0.3 is 10.7 Å². The number of hydrogen-bond donors (Lipinski definition) is 2. The number of alkyl halides is 3. The van der Waals surface area contributed by atoms with Gasteiger partial charge in [-0.25, -0.2) is 0 Å². The fraction of sp³-hybridized carbons (Fsp3) is 0.273. The molecule has 1 amide bonds. The molecule has 0 aliphatic heterocycles. The fourth-order valence-corrected chi connectivity index (χ4v) is 1.38. The smallest absolute Gasteiger partial charge is 0.355 e. The normalized spacial score (nSPS) is 10.1. The lowest BCUT2D eigenvalue weighted by Crippen LogP contribution is -2.23. The molecule has 0 atom stereocenters. The van der Waals surface area contributed by atoms with E-state index in [1.807, 2.05) is 0 Å². The van der Waals surface area contributed by atoms with Crippen LogP contribution in [0.15, 0.2) is 18.2 Å². The number of carbonyl (C=O) groups excluding carboxylic acids is 1. The van der Waals surface area contributed by atoms with Crippen molar-refractivity contribution in [1.82, 2.24) is 5.32 Å². The number of benzene rings is 1. The van der Waals surface area contributed by atoms with Crippen molar-refractivity contribution >= 4 is 23.7 Å². The van der Waals surface area contributed by atoms with E-state index >= 15 is 0 Å². The molecule has 0 fully saturated rings. The molecule has 0 aromatic heterocycles. The topological polar surface area (TPSA) is 53.0 Å². The Labute approximate surface area is 107 Å². The highest BCUT2D eigenvalue weighted by Crippen LogP contribution is 2.34. The maximum atomic E-state index is 12.5. The van der Waals surface area contributed by atoms with E-state index in [9.17, 15) is 18.0 Å². The Morgan fingerprint density at radius 2 is 1.94 bits per heavy atom. The van der Waals surface area contributed by atoms with Crippen LogP contribution in [-0.4, -0.2) is 19.2 Å². The zero-order valence-corrected chi connectivity index (χ0v) is 10.5. The third-order valence-corrected chi connectivity index (χ3v) is 2.09. The Kier molecular flexibility index (Phi) is 6.40. The maximum Gasteiger partial charge on any atom is 0.417 e. The van der Waals surface area contributed by atoms with Gasteiger partial charge in [-0.15, -0.1) is 0 Å². The lowest BCUT2D eigenvalue weighted by Gasteiger charge is -2.12. The highest BCUT2D eigenvalue weighted by Gasteiger charge is 2.35. The summed E-state index contributed by atoms with van der Waals surface area (Å²) in [5.41, 5.74) is -1.58. The van der Waals surface area contributed by atoms with Crippen molar-refractivity contribution in [2.45, 2.75) is 13.1 Å². The van der Waals surface area contributed by atoms with Gasteiger partial charge in [0.1, 0.15) is 0 Å². The molecule has 0 aliphatic carbocycles. The quantitative estimate of drug-likeness (QED) is 0.761. The standard InChI is InChI=1S/C9H7ClF3NO.C2H5N/c1-14-8(15)7-5(9(11,12)13)3-2-4-6(7)10;1-2-3/h2-4H,1H3,(H,14,15);2-3H,1H3. The Bertz CT molecular complexity index is 433. The van der Waals surface area contributed by atoms with Gasteiger partial charge in [0.25, 0.3) is 5.91 Å². The van der Waals surface area contributed by atoms with Crippen LogP contribution in [-0.2, 0) is 6.18 Å². The predicted octanol–water partition coefficient (Wildman–Crippen LogP) is 3.37. The minimum atomic E-state index is -4.59. The SMILES string of the molecule is CC=N.CNC(=O)c1c(Cl)cccc1C(F)(F)F. The van der Waals surface area contributed by atoms with Crippen molar-refractivity contribution < 1.29 is 18.0 Å². The molecule has 0 spiro atoms. The number of nitrogens with one attached hydrogen (secondary N) is 2. The van der Waals surface area contributed by atoms with Gasteiger partial charge in [0.2, 0.25) is 0 Å². The van der Waals surface area contributed by atoms with Crippen LogP contribution in [0.25, 0.3) is 0 Å². The molecule has 1 aromatic rings. The van der Waals surface area contributed by atoms with Crippen LogP contribution in [0, 0.1) is 5.41 Å². The summed E-state index contributed by atoms with van der Waals surface area (Å²) < 4.78 is 37.5. The molecule has 3 nitrogen and oxygen atoms in total. The minimum Gasteiger partial charge on any atom is -0.355 e. The Hall–Kier alpha value is -1.56. The molecule has 2 N–H and O–H groups in total. The van der Waals surface area contributed by atoms with Crippen molar-refractivity contribution in [3.05, 3.63) is 34.3 Å². The molecule has 18 heavy (non-hydrogen) atoms. The molecule has 0 saturated heterocycles. The van der Waals surface area contributed by atoms with Gasteiger partial charge in [-0.05, 0) is 25.3 Å². The van der Waals surface area contributed by atoms with Crippen LogP contribution >= 0.6 is 11.6 Å². The summed E-state index contributed by atoms with van der Waals surface area (Å²) in [5.74, 6) is -0.854. The van der Waals surface area contributed by atoms with E-state index in [0.29, 0.717) is 0 Å². The molecule has 0 aliphatic rings. The highest BCUT2D eigenvalue weighted by atomic mass is 35.5. The molecule has 0 heterocycles. The monoisotopic (exact) mass is 280 g/mol. The Morgan fingerprint density at radius 3 is 2.33 bits per heavy atom. The van der Waals surface area contributed by atoms with Crippen molar-refractivity contribution in [3.8, 4) is 0 Å². The lowest BCUT2D eigenvalue weighted by atomic mass is 10.1. The summed E-state index contributed by atoms with van der Waals surface area (Å²) >= 11 is 5.55. The molecule has 7 heteroatoms. The van der Waals surface area contributed by atoms with E-state index in [4.69, 9.17) is 17.0 Å². The second-order valence-corrected chi connectivity index (χ2v) is 3.44. The number of hydrogen-bond acceptors (Lipinski definition) is 2. The van der Waals surface area contributed by atoms with Crippen LogP contribution in [0.2, 0.25) is 5.02 Å². The van der Waals surface area contributed by atoms with Crippen LogP contribution in [0.1, 0.15) is 22.8 Å². The first-order valence-electron chi connectivity index (χ1n) is 4.82. The molecule has 100 valence electrons. The van der Waals surface area contributed by atoms with E-state index in [1.165, 1.54) is 19.3 Å². The molecule has 0 bridgehead atoms. The van der Waals surface area contributed by atoms with Crippen molar-refractivity contribution in [1.29, 1.82) is 5.41 Å². The number of halogens is 4. The van der Waals surface area contributed by atoms with E-state index < -0.39 is 23.2 Å². The van der Waals surface area contributed by atoms with E-state index in [2.05, 4.69) is 5.32 Å². The van der Waals surface area contributed by atoms with Gasteiger partial charge in [-0.1, -0.05) is 17.7 Å². The number of rotatable bonds is 1. The summed E-state index contributed by atoms with van der Waals surface area (Å²) in [6.07, 6.45) is -3.34. The summed E-state index contributed by atoms with van der Waals surface area (Å²) in [4.78, 5) is 11.2. The zero-order chi connectivity index (χ0) is 14.3. The molecular weight excluding hydrogens is 269 g/mol. The van der Waals surface area contributed by atoms with Crippen LogP contribution in [0.4, 0.5) is 13.2 Å². The van der Waals surface area contributed by atoms with Gasteiger partial charge in [0, 0.05) is 7.05 Å². The summed E-state index contributed by atoms with van der Waals surface area (Å²) in [6.45, 7) is 1.67. The first-order valence-corrected chi connectivity index (χ1v) is 5.20. The van der Waals surface area contributed by atoms with Gasteiger partial charge in [0.05, 0.1) is 16.1 Å². The molecule has 0 unspecified atom stereocenters. The molecule has 1 aromatic carbocycles.